The second kappa shape index (κ2) is 10.2. The largest absolute Gasteiger partial charge is 0.483 e. The Balaban J connectivity index is 1.60. The SMILES string of the molecule is Cc1ccc(NS(=O)(=O)c2ccc(NC(=O)COc3ccc(C(C)(C)C)cc3Br)cc2)c(C)c1. The van der Waals surface area contributed by atoms with Crippen molar-refractivity contribution in [2.24, 2.45) is 0 Å². The van der Waals surface area contributed by atoms with Gasteiger partial charge in [-0.05, 0) is 88.8 Å². The van der Waals surface area contributed by atoms with Crippen molar-refractivity contribution in [1.82, 2.24) is 0 Å². The Labute approximate surface area is 209 Å². The van der Waals surface area contributed by atoms with Gasteiger partial charge in [-0.1, -0.05) is 44.5 Å². The first-order valence-corrected chi connectivity index (χ1v) is 13.1. The maximum atomic E-state index is 12.7. The number of anilines is 2. The first kappa shape index (κ1) is 25.8. The number of hydrogen-bond donors (Lipinski definition) is 2. The van der Waals surface area contributed by atoms with Crippen molar-refractivity contribution >= 4 is 43.2 Å². The molecule has 0 radical (unpaired) electrons. The highest BCUT2D eigenvalue weighted by atomic mass is 79.9. The smallest absolute Gasteiger partial charge is 0.262 e. The summed E-state index contributed by atoms with van der Waals surface area (Å²) in [6.07, 6.45) is 0. The minimum absolute atomic E-state index is 0.00650. The Bertz CT molecular complexity index is 1300. The molecule has 34 heavy (non-hydrogen) atoms. The number of hydrogen-bond acceptors (Lipinski definition) is 4. The molecule has 3 rings (SSSR count). The lowest BCUT2D eigenvalue weighted by Gasteiger charge is -2.20. The van der Waals surface area contributed by atoms with Crippen LogP contribution in [0.3, 0.4) is 0 Å². The van der Waals surface area contributed by atoms with E-state index in [0.29, 0.717) is 17.1 Å². The lowest BCUT2D eigenvalue weighted by molar-refractivity contribution is -0.118. The summed E-state index contributed by atoms with van der Waals surface area (Å²) in [5.74, 6) is 0.220. The van der Waals surface area contributed by atoms with Crippen LogP contribution < -0.4 is 14.8 Å². The van der Waals surface area contributed by atoms with Gasteiger partial charge in [-0.2, -0.15) is 0 Å². The maximum Gasteiger partial charge on any atom is 0.262 e. The average Bonchev–Trinajstić information content (AvgIpc) is 2.74. The first-order valence-electron chi connectivity index (χ1n) is 10.8. The molecule has 0 heterocycles. The fourth-order valence-corrected chi connectivity index (χ4v) is 4.90. The molecule has 0 saturated carbocycles. The highest BCUT2D eigenvalue weighted by molar-refractivity contribution is 9.10. The molecule has 0 atom stereocenters. The minimum atomic E-state index is -3.75. The number of benzene rings is 3. The van der Waals surface area contributed by atoms with E-state index < -0.39 is 10.0 Å². The molecule has 0 bridgehead atoms. The van der Waals surface area contributed by atoms with Crippen molar-refractivity contribution in [3.63, 3.8) is 0 Å². The molecular weight excluding hydrogens is 516 g/mol. The van der Waals surface area contributed by atoms with Crippen LogP contribution in [0, 0.1) is 13.8 Å². The van der Waals surface area contributed by atoms with E-state index in [-0.39, 0.29) is 22.8 Å². The van der Waals surface area contributed by atoms with Crippen LogP contribution in [-0.4, -0.2) is 20.9 Å². The molecule has 8 heteroatoms. The van der Waals surface area contributed by atoms with Gasteiger partial charge < -0.3 is 10.1 Å². The van der Waals surface area contributed by atoms with Crippen molar-refractivity contribution in [1.29, 1.82) is 0 Å². The molecule has 3 aromatic rings. The Kier molecular flexibility index (Phi) is 7.73. The summed E-state index contributed by atoms with van der Waals surface area (Å²) >= 11 is 3.50. The van der Waals surface area contributed by atoms with Crippen LogP contribution >= 0.6 is 15.9 Å². The van der Waals surface area contributed by atoms with E-state index in [1.807, 2.05) is 44.2 Å². The first-order chi connectivity index (χ1) is 15.8. The van der Waals surface area contributed by atoms with Gasteiger partial charge in [-0.15, -0.1) is 0 Å². The Morgan fingerprint density at radius 3 is 2.24 bits per heavy atom. The molecule has 6 nitrogen and oxygen atoms in total. The zero-order valence-electron chi connectivity index (χ0n) is 19.9. The summed E-state index contributed by atoms with van der Waals surface area (Å²) in [7, 11) is -3.75. The van der Waals surface area contributed by atoms with Gasteiger partial charge in [0.1, 0.15) is 5.75 Å². The van der Waals surface area contributed by atoms with E-state index in [0.717, 1.165) is 21.2 Å². The Morgan fingerprint density at radius 2 is 1.65 bits per heavy atom. The lowest BCUT2D eigenvalue weighted by atomic mass is 9.87. The van der Waals surface area contributed by atoms with Crippen molar-refractivity contribution in [2.45, 2.75) is 44.9 Å². The summed E-state index contributed by atoms with van der Waals surface area (Å²) in [6.45, 7) is 9.99. The molecule has 0 unspecified atom stereocenters. The van der Waals surface area contributed by atoms with E-state index in [9.17, 15) is 13.2 Å². The Morgan fingerprint density at radius 1 is 0.971 bits per heavy atom. The fraction of sp³-hybridized carbons (Fsp3) is 0.269. The number of carbonyl (C=O) groups is 1. The van der Waals surface area contributed by atoms with E-state index in [4.69, 9.17) is 4.74 Å². The van der Waals surface area contributed by atoms with Crippen LogP contribution in [0.4, 0.5) is 11.4 Å². The van der Waals surface area contributed by atoms with E-state index in [1.165, 1.54) is 12.1 Å². The number of nitrogens with one attached hydrogen (secondary N) is 2. The molecule has 0 spiro atoms. The van der Waals surface area contributed by atoms with Crippen molar-refractivity contribution < 1.29 is 17.9 Å². The van der Waals surface area contributed by atoms with E-state index >= 15 is 0 Å². The number of amides is 1. The number of aryl methyl sites for hydroxylation is 2. The van der Waals surface area contributed by atoms with Crippen molar-refractivity contribution in [2.75, 3.05) is 16.6 Å². The van der Waals surface area contributed by atoms with E-state index in [2.05, 4.69) is 46.7 Å². The van der Waals surface area contributed by atoms with Crippen LogP contribution in [-0.2, 0) is 20.2 Å². The van der Waals surface area contributed by atoms with Gasteiger partial charge in [0.2, 0.25) is 0 Å². The summed E-state index contributed by atoms with van der Waals surface area (Å²) < 4.78 is 34.5. The van der Waals surface area contributed by atoms with Gasteiger partial charge in [-0.3, -0.25) is 9.52 Å². The molecule has 0 fully saturated rings. The van der Waals surface area contributed by atoms with Crippen molar-refractivity contribution in [3.05, 3.63) is 81.8 Å². The monoisotopic (exact) mass is 544 g/mol. The normalized spacial score (nSPS) is 11.7. The second-order valence-electron chi connectivity index (χ2n) is 9.18. The van der Waals surface area contributed by atoms with Gasteiger partial charge >= 0.3 is 0 Å². The maximum absolute atomic E-state index is 12.7. The molecule has 0 aliphatic heterocycles. The molecule has 0 aromatic heterocycles. The summed E-state index contributed by atoms with van der Waals surface area (Å²) in [6, 6.07) is 17.3. The van der Waals surface area contributed by atoms with Gasteiger partial charge in [0.25, 0.3) is 15.9 Å². The molecule has 180 valence electrons. The number of sulfonamides is 1. The van der Waals surface area contributed by atoms with E-state index in [1.54, 1.807) is 18.2 Å². The molecule has 0 aliphatic carbocycles. The third-order valence-electron chi connectivity index (χ3n) is 5.23. The lowest BCUT2D eigenvalue weighted by Crippen LogP contribution is -2.20. The van der Waals surface area contributed by atoms with Crippen LogP contribution in [0.25, 0.3) is 0 Å². The van der Waals surface area contributed by atoms with Gasteiger partial charge in [0, 0.05) is 5.69 Å². The number of halogens is 1. The van der Waals surface area contributed by atoms with Crippen LogP contribution in [0.15, 0.2) is 70.0 Å². The number of rotatable bonds is 7. The molecular formula is C26H29BrN2O4S. The highest BCUT2D eigenvalue weighted by Gasteiger charge is 2.17. The minimum Gasteiger partial charge on any atom is -0.483 e. The van der Waals surface area contributed by atoms with Crippen molar-refractivity contribution in [3.8, 4) is 5.75 Å². The molecule has 0 aliphatic rings. The van der Waals surface area contributed by atoms with Crippen LogP contribution in [0.2, 0.25) is 0 Å². The van der Waals surface area contributed by atoms with Crippen LogP contribution in [0.5, 0.6) is 5.75 Å². The quantitative estimate of drug-likeness (QED) is 0.371. The molecule has 1 amide bonds. The molecule has 2 N–H and O–H groups in total. The fourth-order valence-electron chi connectivity index (χ4n) is 3.27. The standard InChI is InChI=1S/C26H29BrN2O4S/c1-17-6-12-23(18(2)14-17)29-34(31,32)21-10-8-20(9-11-21)28-25(30)16-33-24-13-7-19(15-22(24)27)26(3,4)5/h6-15,29H,16H2,1-5H3,(H,28,30). The van der Waals surface area contributed by atoms with Crippen LogP contribution in [0.1, 0.15) is 37.5 Å². The third kappa shape index (κ3) is 6.61. The molecule has 0 saturated heterocycles. The summed E-state index contributed by atoms with van der Waals surface area (Å²) in [4.78, 5) is 12.4. The number of ether oxygens (including phenoxy) is 1. The third-order valence-corrected chi connectivity index (χ3v) is 7.23. The zero-order valence-corrected chi connectivity index (χ0v) is 22.3. The predicted molar refractivity (Wildman–Crippen MR) is 140 cm³/mol. The highest BCUT2D eigenvalue weighted by Crippen LogP contribution is 2.31. The Hall–Kier alpha value is -2.84. The van der Waals surface area contributed by atoms with Gasteiger partial charge in [0.05, 0.1) is 15.1 Å². The topological polar surface area (TPSA) is 84.5 Å². The second-order valence-corrected chi connectivity index (χ2v) is 11.7. The summed E-state index contributed by atoms with van der Waals surface area (Å²) in [5.41, 5.74) is 4.05. The van der Waals surface area contributed by atoms with Gasteiger partial charge in [-0.25, -0.2) is 8.42 Å². The predicted octanol–water partition coefficient (Wildman–Crippen LogP) is 6.18. The number of carbonyl (C=O) groups excluding carboxylic acids is 1. The average molecular weight is 545 g/mol. The summed E-state index contributed by atoms with van der Waals surface area (Å²) in [5, 5.41) is 2.72. The zero-order chi connectivity index (χ0) is 25.1. The van der Waals surface area contributed by atoms with Gasteiger partial charge in [0.15, 0.2) is 6.61 Å². The molecule has 3 aromatic carbocycles.